The highest BCUT2D eigenvalue weighted by Crippen LogP contribution is 2.41. The van der Waals surface area contributed by atoms with E-state index in [1.165, 1.54) is 0 Å². The van der Waals surface area contributed by atoms with E-state index in [1.54, 1.807) is 35.4 Å². The minimum absolute atomic E-state index is 0.00216. The van der Waals surface area contributed by atoms with Gasteiger partial charge in [-0.05, 0) is 30.7 Å². The Morgan fingerprint density at radius 3 is 2.74 bits per heavy atom. The zero-order chi connectivity index (χ0) is 19.0. The number of carbonyl (C=O) groups excluding carboxylic acids is 1. The van der Waals surface area contributed by atoms with E-state index < -0.39 is 6.10 Å². The Morgan fingerprint density at radius 1 is 1.33 bits per heavy atom. The van der Waals surface area contributed by atoms with Gasteiger partial charge in [0.25, 0.3) is 5.91 Å². The van der Waals surface area contributed by atoms with Gasteiger partial charge in [-0.1, -0.05) is 11.6 Å². The number of likely N-dealkylation sites (tertiary alicyclic amines) is 1. The minimum atomic E-state index is -0.394. The molecule has 7 nitrogen and oxygen atoms in total. The third-order valence-corrected chi connectivity index (χ3v) is 6.01. The number of β-amino-alcohol motifs (C(OH)–C–C–N with tert-alkyl or cyclic N) is 1. The number of aromatic nitrogens is 3. The maximum Gasteiger partial charge on any atom is 0.270 e. The molecule has 4 rings (SSSR count). The van der Waals surface area contributed by atoms with Crippen molar-refractivity contribution < 1.29 is 9.90 Å². The van der Waals surface area contributed by atoms with E-state index in [4.69, 9.17) is 11.6 Å². The number of aryl methyl sites for hydroxylation is 1. The van der Waals surface area contributed by atoms with Gasteiger partial charge in [0.05, 0.1) is 17.3 Å². The van der Waals surface area contributed by atoms with Gasteiger partial charge in [-0.3, -0.25) is 9.78 Å². The van der Waals surface area contributed by atoms with Crippen LogP contribution in [-0.2, 0) is 7.05 Å². The van der Waals surface area contributed by atoms with Gasteiger partial charge < -0.3 is 19.5 Å². The number of hydrogen-bond donors (Lipinski definition) is 1. The molecule has 0 saturated carbocycles. The standard InChI is InChI=1S/C19H24ClN5O2/c1-23-11-14(20)8-16(23)18(27)24-6-2-19(3-7-24)9-15(26)12-25(13-19)17-10-21-4-5-22-17/h4-5,8,10-11,15,26H,2-3,6-7,9,12-13H2,1H3. The highest BCUT2D eigenvalue weighted by Gasteiger charge is 2.43. The first-order valence-electron chi connectivity index (χ1n) is 9.26. The number of halogens is 1. The minimum Gasteiger partial charge on any atom is -0.391 e. The first kappa shape index (κ1) is 18.3. The summed E-state index contributed by atoms with van der Waals surface area (Å²) < 4.78 is 1.77. The Balaban J connectivity index is 1.45. The highest BCUT2D eigenvalue weighted by molar-refractivity contribution is 6.31. The maximum atomic E-state index is 12.8. The molecular weight excluding hydrogens is 366 g/mol. The molecule has 0 aromatic carbocycles. The Morgan fingerprint density at radius 2 is 2.11 bits per heavy atom. The summed E-state index contributed by atoms with van der Waals surface area (Å²) in [7, 11) is 1.83. The molecule has 1 amide bonds. The molecule has 0 bridgehead atoms. The Labute approximate surface area is 163 Å². The lowest BCUT2D eigenvalue weighted by atomic mass is 9.71. The van der Waals surface area contributed by atoms with Crippen molar-refractivity contribution in [2.24, 2.45) is 12.5 Å². The number of hydrogen-bond acceptors (Lipinski definition) is 5. The van der Waals surface area contributed by atoms with Crippen molar-refractivity contribution in [3.8, 4) is 0 Å². The molecule has 4 heterocycles. The Kier molecular flexibility index (Phi) is 4.82. The molecule has 2 aliphatic heterocycles. The summed E-state index contributed by atoms with van der Waals surface area (Å²) in [5.74, 6) is 0.814. The highest BCUT2D eigenvalue weighted by atomic mass is 35.5. The van der Waals surface area contributed by atoms with Crippen LogP contribution in [0.15, 0.2) is 30.9 Å². The molecule has 2 aromatic heterocycles. The van der Waals surface area contributed by atoms with E-state index in [9.17, 15) is 9.90 Å². The molecule has 0 radical (unpaired) electrons. The summed E-state index contributed by atoms with van der Waals surface area (Å²) in [6.07, 6.45) is 8.92. The molecule has 1 atom stereocenters. The van der Waals surface area contributed by atoms with Crippen LogP contribution in [0.5, 0.6) is 0 Å². The van der Waals surface area contributed by atoms with Gasteiger partial charge in [0.2, 0.25) is 0 Å². The van der Waals surface area contributed by atoms with Crippen LogP contribution in [0, 0.1) is 5.41 Å². The van der Waals surface area contributed by atoms with E-state index >= 15 is 0 Å². The smallest absolute Gasteiger partial charge is 0.270 e. The third-order valence-electron chi connectivity index (χ3n) is 5.80. The largest absolute Gasteiger partial charge is 0.391 e. The number of aliphatic hydroxyl groups excluding tert-OH is 1. The molecule has 2 aliphatic rings. The molecule has 2 saturated heterocycles. The fraction of sp³-hybridized carbons (Fsp3) is 0.526. The van der Waals surface area contributed by atoms with Gasteiger partial charge in [-0.15, -0.1) is 0 Å². The summed E-state index contributed by atoms with van der Waals surface area (Å²) >= 11 is 6.02. The van der Waals surface area contributed by atoms with Crippen molar-refractivity contribution in [1.82, 2.24) is 19.4 Å². The summed E-state index contributed by atoms with van der Waals surface area (Å²) in [6, 6.07) is 1.72. The number of rotatable bonds is 2. The molecule has 0 aliphatic carbocycles. The molecule has 27 heavy (non-hydrogen) atoms. The van der Waals surface area contributed by atoms with Crippen molar-refractivity contribution in [1.29, 1.82) is 0 Å². The quantitative estimate of drug-likeness (QED) is 0.849. The van der Waals surface area contributed by atoms with Crippen LogP contribution in [0.4, 0.5) is 5.82 Å². The van der Waals surface area contributed by atoms with E-state index in [0.717, 1.165) is 31.6 Å². The van der Waals surface area contributed by atoms with Crippen molar-refractivity contribution in [2.45, 2.75) is 25.4 Å². The second kappa shape index (κ2) is 7.13. The summed E-state index contributed by atoms with van der Waals surface area (Å²) in [5, 5.41) is 11.0. The van der Waals surface area contributed by atoms with Crippen LogP contribution in [0.1, 0.15) is 29.8 Å². The van der Waals surface area contributed by atoms with Crippen molar-refractivity contribution in [3.05, 3.63) is 41.6 Å². The molecule has 1 unspecified atom stereocenters. The summed E-state index contributed by atoms with van der Waals surface area (Å²) in [4.78, 5) is 25.4. The topological polar surface area (TPSA) is 74.5 Å². The number of aliphatic hydroxyl groups is 1. The number of carbonyl (C=O) groups is 1. The monoisotopic (exact) mass is 389 g/mol. The van der Waals surface area contributed by atoms with Gasteiger partial charge in [-0.2, -0.15) is 0 Å². The van der Waals surface area contributed by atoms with Crippen LogP contribution in [0.3, 0.4) is 0 Å². The molecule has 1 N–H and O–H groups in total. The fourth-order valence-corrected chi connectivity index (χ4v) is 4.68. The van der Waals surface area contributed by atoms with Crippen molar-refractivity contribution >= 4 is 23.3 Å². The van der Waals surface area contributed by atoms with Crippen molar-refractivity contribution in [2.75, 3.05) is 31.1 Å². The van der Waals surface area contributed by atoms with Crippen LogP contribution in [0.25, 0.3) is 0 Å². The van der Waals surface area contributed by atoms with Gasteiger partial charge in [-0.25, -0.2) is 4.98 Å². The fourth-order valence-electron chi connectivity index (χ4n) is 4.43. The van der Waals surface area contributed by atoms with Crippen LogP contribution < -0.4 is 4.90 Å². The molecule has 8 heteroatoms. The third kappa shape index (κ3) is 3.66. The lowest BCUT2D eigenvalue weighted by Crippen LogP contribution is -2.54. The number of nitrogens with zero attached hydrogens (tertiary/aromatic N) is 5. The van der Waals surface area contributed by atoms with Gasteiger partial charge in [0, 0.05) is 51.8 Å². The molecule has 144 valence electrons. The van der Waals surface area contributed by atoms with Crippen molar-refractivity contribution in [3.63, 3.8) is 0 Å². The maximum absolute atomic E-state index is 12.8. The summed E-state index contributed by atoms with van der Waals surface area (Å²) in [6.45, 7) is 2.77. The predicted molar refractivity (Wildman–Crippen MR) is 103 cm³/mol. The normalized spacial score (nSPS) is 22.3. The first-order valence-corrected chi connectivity index (χ1v) is 9.64. The van der Waals surface area contributed by atoms with Gasteiger partial charge in [0.15, 0.2) is 0 Å². The zero-order valence-corrected chi connectivity index (χ0v) is 16.1. The molecule has 1 spiro atoms. The lowest BCUT2D eigenvalue weighted by molar-refractivity contribution is 0.0243. The Hall–Kier alpha value is -2.12. The lowest BCUT2D eigenvalue weighted by Gasteiger charge is -2.49. The predicted octanol–water partition coefficient (Wildman–Crippen LogP) is 1.96. The van der Waals surface area contributed by atoms with Gasteiger partial charge in [0.1, 0.15) is 11.5 Å². The first-order chi connectivity index (χ1) is 13.0. The Bertz CT molecular complexity index is 817. The van der Waals surface area contributed by atoms with Crippen LogP contribution in [0.2, 0.25) is 5.02 Å². The second-order valence-corrected chi connectivity index (χ2v) is 8.19. The second-order valence-electron chi connectivity index (χ2n) is 7.75. The van der Waals surface area contributed by atoms with E-state index in [1.807, 2.05) is 11.9 Å². The number of anilines is 1. The molecule has 2 fully saturated rings. The summed E-state index contributed by atoms with van der Waals surface area (Å²) in [5.41, 5.74) is 0.610. The van der Waals surface area contributed by atoms with Crippen LogP contribution >= 0.6 is 11.6 Å². The van der Waals surface area contributed by atoms with E-state index in [2.05, 4.69) is 14.9 Å². The number of piperidine rings is 2. The average Bonchev–Trinajstić information content (AvgIpc) is 3.00. The molecular formula is C19H24ClN5O2. The molecule has 2 aromatic rings. The number of amides is 1. The average molecular weight is 390 g/mol. The zero-order valence-electron chi connectivity index (χ0n) is 15.4. The van der Waals surface area contributed by atoms with Crippen LogP contribution in [-0.4, -0.2) is 62.7 Å². The SMILES string of the molecule is Cn1cc(Cl)cc1C(=O)N1CCC2(CC1)CC(O)CN(c1cnccn1)C2. The van der Waals surface area contributed by atoms with Gasteiger partial charge >= 0.3 is 0 Å². The van der Waals surface area contributed by atoms with E-state index in [-0.39, 0.29) is 11.3 Å². The van der Waals surface area contributed by atoms with E-state index in [0.29, 0.717) is 30.4 Å².